The molecule has 1 rings (SSSR count). The van der Waals surface area contributed by atoms with E-state index in [4.69, 9.17) is 5.73 Å². The molecule has 0 spiro atoms. The zero-order valence-corrected chi connectivity index (χ0v) is 6.47. The Hall–Kier alpha value is -0.530. The highest BCUT2D eigenvalue weighted by molar-refractivity contribution is 5.76. The number of amides is 1. The molecule has 0 radical (unpaired) electrons. The SMILES string of the molecule is C[C@H](C(N)=O)C1CCCC1. The largest absolute Gasteiger partial charge is 0.369 e. The summed E-state index contributed by atoms with van der Waals surface area (Å²) in [6.07, 6.45) is 4.96. The van der Waals surface area contributed by atoms with E-state index < -0.39 is 0 Å². The van der Waals surface area contributed by atoms with Gasteiger partial charge >= 0.3 is 0 Å². The maximum atomic E-state index is 10.7. The van der Waals surface area contributed by atoms with Gasteiger partial charge in [-0.3, -0.25) is 4.79 Å². The molecule has 1 amide bonds. The van der Waals surface area contributed by atoms with Crippen LogP contribution < -0.4 is 5.73 Å². The quantitative estimate of drug-likeness (QED) is 0.618. The van der Waals surface area contributed by atoms with Crippen molar-refractivity contribution >= 4 is 5.91 Å². The van der Waals surface area contributed by atoms with Gasteiger partial charge in [0, 0.05) is 5.92 Å². The molecule has 0 aromatic rings. The van der Waals surface area contributed by atoms with Crippen molar-refractivity contribution in [2.75, 3.05) is 0 Å². The first-order valence-electron chi connectivity index (χ1n) is 4.01. The number of rotatable bonds is 2. The minimum atomic E-state index is -0.132. The molecule has 10 heavy (non-hydrogen) atoms. The maximum Gasteiger partial charge on any atom is 0.220 e. The predicted molar refractivity (Wildman–Crippen MR) is 40.3 cm³/mol. The first kappa shape index (κ1) is 7.58. The highest BCUT2D eigenvalue weighted by Crippen LogP contribution is 2.30. The van der Waals surface area contributed by atoms with Crippen molar-refractivity contribution in [3.8, 4) is 0 Å². The van der Waals surface area contributed by atoms with Gasteiger partial charge in [0.1, 0.15) is 0 Å². The number of hydrogen-bond acceptors (Lipinski definition) is 1. The van der Waals surface area contributed by atoms with E-state index >= 15 is 0 Å². The molecule has 0 bridgehead atoms. The Kier molecular flexibility index (Phi) is 2.30. The summed E-state index contributed by atoms with van der Waals surface area (Å²) in [5, 5.41) is 0. The van der Waals surface area contributed by atoms with Gasteiger partial charge in [0.25, 0.3) is 0 Å². The van der Waals surface area contributed by atoms with Gasteiger partial charge in [-0.05, 0) is 18.8 Å². The van der Waals surface area contributed by atoms with Crippen molar-refractivity contribution in [2.45, 2.75) is 32.6 Å². The summed E-state index contributed by atoms with van der Waals surface area (Å²) in [6.45, 7) is 1.94. The molecule has 2 N–H and O–H groups in total. The molecular weight excluding hydrogens is 126 g/mol. The molecule has 1 saturated carbocycles. The van der Waals surface area contributed by atoms with Crippen LogP contribution in [-0.2, 0) is 4.79 Å². The fourth-order valence-electron chi connectivity index (χ4n) is 1.69. The fraction of sp³-hybridized carbons (Fsp3) is 0.875. The van der Waals surface area contributed by atoms with E-state index in [1.54, 1.807) is 0 Å². The van der Waals surface area contributed by atoms with E-state index in [2.05, 4.69) is 0 Å². The Labute approximate surface area is 61.8 Å². The lowest BCUT2D eigenvalue weighted by atomic mass is 9.92. The molecule has 2 nitrogen and oxygen atoms in total. The van der Waals surface area contributed by atoms with Gasteiger partial charge in [0.2, 0.25) is 5.91 Å². The van der Waals surface area contributed by atoms with Crippen molar-refractivity contribution in [3.63, 3.8) is 0 Å². The normalized spacial score (nSPS) is 22.9. The van der Waals surface area contributed by atoms with Crippen LogP contribution in [0.25, 0.3) is 0 Å². The standard InChI is InChI=1S/C8H15NO/c1-6(8(9)10)7-4-2-3-5-7/h6-7H,2-5H2,1H3,(H2,9,10)/t6-/m0/s1. The topological polar surface area (TPSA) is 43.1 Å². The lowest BCUT2D eigenvalue weighted by Gasteiger charge is -2.13. The van der Waals surface area contributed by atoms with Crippen LogP contribution in [-0.4, -0.2) is 5.91 Å². The minimum absolute atomic E-state index is 0.0995. The highest BCUT2D eigenvalue weighted by Gasteiger charge is 2.24. The third kappa shape index (κ3) is 1.49. The molecule has 0 unspecified atom stereocenters. The van der Waals surface area contributed by atoms with E-state index in [9.17, 15) is 4.79 Å². The van der Waals surface area contributed by atoms with Crippen molar-refractivity contribution in [3.05, 3.63) is 0 Å². The minimum Gasteiger partial charge on any atom is -0.369 e. The van der Waals surface area contributed by atoms with E-state index in [1.807, 2.05) is 6.92 Å². The third-order valence-electron chi connectivity index (χ3n) is 2.56. The Morgan fingerprint density at radius 2 is 2.00 bits per heavy atom. The van der Waals surface area contributed by atoms with Gasteiger partial charge < -0.3 is 5.73 Å². The van der Waals surface area contributed by atoms with Crippen LogP contribution in [0.15, 0.2) is 0 Å². The van der Waals surface area contributed by atoms with Crippen molar-refractivity contribution in [1.29, 1.82) is 0 Å². The summed E-state index contributed by atoms with van der Waals surface area (Å²) >= 11 is 0. The van der Waals surface area contributed by atoms with Crippen LogP contribution in [0, 0.1) is 11.8 Å². The molecule has 0 heterocycles. The van der Waals surface area contributed by atoms with Crippen LogP contribution >= 0.6 is 0 Å². The molecule has 1 aliphatic rings. The first-order chi connectivity index (χ1) is 4.72. The predicted octanol–water partition coefficient (Wildman–Crippen LogP) is 1.30. The second kappa shape index (κ2) is 3.04. The van der Waals surface area contributed by atoms with E-state index in [0.717, 1.165) is 0 Å². The van der Waals surface area contributed by atoms with E-state index in [0.29, 0.717) is 5.92 Å². The summed E-state index contributed by atoms with van der Waals surface area (Å²) in [6, 6.07) is 0. The van der Waals surface area contributed by atoms with E-state index in [1.165, 1.54) is 25.7 Å². The summed E-state index contributed by atoms with van der Waals surface area (Å²) in [7, 11) is 0. The lowest BCUT2D eigenvalue weighted by Crippen LogP contribution is -2.25. The summed E-state index contributed by atoms with van der Waals surface area (Å²) < 4.78 is 0. The van der Waals surface area contributed by atoms with E-state index in [-0.39, 0.29) is 11.8 Å². The monoisotopic (exact) mass is 141 g/mol. The Morgan fingerprint density at radius 3 is 2.40 bits per heavy atom. The molecule has 0 aliphatic heterocycles. The zero-order chi connectivity index (χ0) is 7.56. The maximum absolute atomic E-state index is 10.7. The molecule has 1 fully saturated rings. The molecular formula is C8H15NO. The number of nitrogens with two attached hydrogens (primary N) is 1. The zero-order valence-electron chi connectivity index (χ0n) is 6.47. The van der Waals surface area contributed by atoms with Crippen LogP contribution in [0.2, 0.25) is 0 Å². The molecule has 0 aromatic heterocycles. The van der Waals surface area contributed by atoms with Crippen LogP contribution in [0.3, 0.4) is 0 Å². The van der Waals surface area contributed by atoms with Gasteiger partial charge in [0.05, 0.1) is 0 Å². The summed E-state index contributed by atoms with van der Waals surface area (Å²) in [5.41, 5.74) is 5.18. The number of hydrogen-bond donors (Lipinski definition) is 1. The highest BCUT2D eigenvalue weighted by atomic mass is 16.1. The van der Waals surface area contributed by atoms with Crippen LogP contribution in [0.5, 0.6) is 0 Å². The van der Waals surface area contributed by atoms with Crippen molar-refractivity contribution in [1.82, 2.24) is 0 Å². The Balaban J connectivity index is 2.39. The number of primary amides is 1. The van der Waals surface area contributed by atoms with Gasteiger partial charge in [-0.1, -0.05) is 19.8 Å². The Morgan fingerprint density at radius 1 is 1.50 bits per heavy atom. The summed E-state index contributed by atoms with van der Waals surface area (Å²) in [4.78, 5) is 10.7. The first-order valence-corrected chi connectivity index (χ1v) is 4.01. The molecule has 1 atom stereocenters. The van der Waals surface area contributed by atoms with Gasteiger partial charge in [0.15, 0.2) is 0 Å². The molecule has 0 saturated heterocycles. The summed E-state index contributed by atoms with van der Waals surface area (Å²) in [5.74, 6) is 0.548. The molecule has 0 aromatic carbocycles. The number of carbonyl (C=O) groups is 1. The lowest BCUT2D eigenvalue weighted by molar-refractivity contribution is -0.122. The Bertz CT molecular complexity index is 127. The third-order valence-corrected chi connectivity index (χ3v) is 2.56. The van der Waals surface area contributed by atoms with Crippen LogP contribution in [0.4, 0.5) is 0 Å². The second-order valence-electron chi connectivity index (χ2n) is 3.24. The van der Waals surface area contributed by atoms with Crippen molar-refractivity contribution in [2.24, 2.45) is 17.6 Å². The fourth-order valence-corrected chi connectivity index (χ4v) is 1.69. The van der Waals surface area contributed by atoms with Crippen molar-refractivity contribution < 1.29 is 4.79 Å². The van der Waals surface area contributed by atoms with Gasteiger partial charge in [-0.2, -0.15) is 0 Å². The molecule has 2 heteroatoms. The number of carbonyl (C=O) groups excluding carboxylic acids is 1. The van der Waals surface area contributed by atoms with Gasteiger partial charge in [-0.15, -0.1) is 0 Å². The average Bonchev–Trinajstić information content (AvgIpc) is 2.36. The molecule has 58 valence electrons. The average molecular weight is 141 g/mol. The second-order valence-corrected chi connectivity index (χ2v) is 3.24. The molecule has 1 aliphatic carbocycles. The smallest absolute Gasteiger partial charge is 0.220 e. The van der Waals surface area contributed by atoms with Crippen LogP contribution in [0.1, 0.15) is 32.6 Å². The van der Waals surface area contributed by atoms with Gasteiger partial charge in [-0.25, -0.2) is 0 Å².